The zero-order chi connectivity index (χ0) is 22.6. The zero-order valence-corrected chi connectivity index (χ0v) is 19.3. The number of phenolic OH excluding ortho intramolecular Hbond substituents is 1. The number of aromatic hydroxyl groups is 1. The molecule has 0 bridgehead atoms. The van der Waals surface area contributed by atoms with Crippen LogP contribution in [0.4, 0.5) is 5.82 Å². The molecule has 7 nitrogen and oxygen atoms in total. The molecule has 1 aliphatic heterocycles. The number of hydrogen-bond acceptors (Lipinski definition) is 6. The molecule has 166 valence electrons. The molecular formula is C25H30N6O. The molecular weight excluding hydrogens is 400 g/mol. The Balaban J connectivity index is 1.44. The lowest BCUT2D eigenvalue weighted by Crippen LogP contribution is -2.47. The van der Waals surface area contributed by atoms with Gasteiger partial charge < -0.3 is 15.3 Å². The van der Waals surface area contributed by atoms with E-state index in [-0.39, 0.29) is 11.3 Å². The van der Waals surface area contributed by atoms with Crippen LogP contribution in [0.15, 0.2) is 42.6 Å². The second kappa shape index (κ2) is 7.45. The van der Waals surface area contributed by atoms with Gasteiger partial charge in [0.05, 0.1) is 22.2 Å². The van der Waals surface area contributed by atoms with Crippen molar-refractivity contribution in [2.24, 2.45) is 13.0 Å². The highest BCUT2D eigenvalue weighted by atomic mass is 16.3. The number of benzene rings is 1. The normalized spacial score (nSPS) is 19.3. The van der Waals surface area contributed by atoms with Crippen LogP contribution in [0.2, 0.25) is 0 Å². The van der Waals surface area contributed by atoms with E-state index in [0.717, 1.165) is 46.5 Å². The average molecular weight is 431 g/mol. The number of aryl methyl sites for hydroxylation is 1. The van der Waals surface area contributed by atoms with Crippen molar-refractivity contribution in [1.29, 1.82) is 0 Å². The molecule has 32 heavy (non-hydrogen) atoms. The fourth-order valence-corrected chi connectivity index (χ4v) is 4.61. The Morgan fingerprint density at radius 3 is 2.53 bits per heavy atom. The van der Waals surface area contributed by atoms with E-state index in [1.165, 1.54) is 0 Å². The molecule has 3 aromatic heterocycles. The van der Waals surface area contributed by atoms with Gasteiger partial charge in [-0.15, -0.1) is 0 Å². The summed E-state index contributed by atoms with van der Waals surface area (Å²) in [6, 6.07) is 12.0. The topological polar surface area (TPSA) is 79.1 Å². The third-order valence-corrected chi connectivity index (χ3v) is 6.09. The Morgan fingerprint density at radius 2 is 1.75 bits per heavy atom. The van der Waals surface area contributed by atoms with Gasteiger partial charge in [-0.05, 0) is 57.0 Å². The molecule has 0 saturated carbocycles. The van der Waals surface area contributed by atoms with Gasteiger partial charge in [0.15, 0.2) is 0 Å². The van der Waals surface area contributed by atoms with E-state index >= 15 is 0 Å². The molecule has 0 radical (unpaired) electrons. The van der Waals surface area contributed by atoms with Crippen molar-refractivity contribution >= 4 is 27.8 Å². The summed E-state index contributed by atoms with van der Waals surface area (Å²) >= 11 is 0. The first-order chi connectivity index (χ1) is 15.2. The minimum atomic E-state index is 0.0937. The number of aromatic nitrogens is 4. The maximum Gasteiger partial charge on any atom is 0.129 e. The first-order valence-corrected chi connectivity index (χ1v) is 11.1. The van der Waals surface area contributed by atoms with Crippen molar-refractivity contribution in [3.8, 4) is 17.0 Å². The van der Waals surface area contributed by atoms with E-state index in [1.807, 2.05) is 37.5 Å². The highest BCUT2D eigenvalue weighted by molar-refractivity contribution is 5.88. The summed E-state index contributed by atoms with van der Waals surface area (Å²) in [7, 11) is 1.87. The predicted octanol–water partition coefficient (Wildman–Crippen LogP) is 4.10. The smallest absolute Gasteiger partial charge is 0.129 e. The van der Waals surface area contributed by atoms with E-state index in [1.54, 1.807) is 10.7 Å². The monoisotopic (exact) mass is 430 g/mol. The van der Waals surface area contributed by atoms with Gasteiger partial charge in [-0.3, -0.25) is 4.68 Å². The Bertz CT molecular complexity index is 1310. The van der Waals surface area contributed by atoms with Crippen LogP contribution in [0.1, 0.15) is 27.7 Å². The molecule has 5 rings (SSSR count). The SMILES string of the molecule is CC1CN(c2ccc3nc(-c4cc5cn(C)nc5cc4O)ccc3n2)CC1NC(C)(C)C. The lowest BCUT2D eigenvalue weighted by atomic mass is 10.0. The van der Waals surface area contributed by atoms with Gasteiger partial charge in [-0.1, -0.05) is 6.92 Å². The number of nitrogens with zero attached hydrogens (tertiary/aromatic N) is 5. The number of phenols is 1. The maximum atomic E-state index is 10.5. The highest BCUT2D eigenvalue weighted by Crippen LogP contribution is 2.33. The van der Waals surface area contributed by atoms with Gasteiger partial charge in [-0.2, -0.15) is 5.10 Å². The Morgan fingerprint density at radius 1 is 1.00 bits per heavy atom. The predicted molar refractivity (Wildman–Crippen MR) is 129 cm³/mol. The van der Waals surface area contributed by atoms with Gasteiger partial charge in [-0.25, -0.2) is 9.97 Å². The lowest BCUT2D eigenvalue weighted by Gasteiger charge is -2.28. The van der Waals surface area contributed by atoms with Crippen molar-refractivity contribution in [3.05, 3.63) is 42.6 Å². The van der Waals surface area contributed by atoms with E-state index in [4.69, 9.17) is 9.97 Å². The molecule has 2 unspecified atom stereocenters. The molecule has 2 atom stereocenters. The van der Waals surface area contributed by atoms with Gasteiger partial charge in [0.1, 0.15) is 11.6 Å². The summed E-state index contributed by atoms with van der Waals surface area (Å²) in [4.78, 5) is 12.0. The van der Waals surface area contributed by atoms with Crippen LogP contribution >= 0.6 is 0 Å². The number of nitrogens with one attached hydrogen (secondary N) is 1. The van der Waals surface area contributed by atoms with Crippen molar-refractivity contribution in [3.63, 3.8) is 0 Å². The Kier molecular flexibility index (Phi) is 4.82. The maximum absolute atomic E-state index is 10.5. The number of hydrogen-bond donors (Lipinski definition) is 2. The number of fused-ring (bicyclic) bond motifs is 2. The fourth-order valence-electron chi connectivity index (χ4n) is 4.61. The number of rotatable bonds is 3. The molecule has 4 aromatic rings. The first kappa shape index (κ1) is 20.7. The minimum Gasteiger partial charge on any atom is -0.507 e. The summed E-state index contributed by atoms with van der Waals surface area (Å²) in [5.41, 5.74) is 3.94. The highest BCUT2D eigenvalue weighted by Gasteiger charge is 2.32. The van der Waals surface area contributed by atoms with Crippen molar-refractivity contribution in [2.75, 3.05) is 18.0 Å². The lowest BCUT2D eigenvalue weighted by molar-refractivity contribution is 0.334. The first-order valence-electron chi connectivity index (χ1n) is 11.1. The van der Waals surface area contributed by atoms with Crippen LogP contribution in [0.5, 0.6) is 5.75 Å². The van der Waals surface area contributed by atoms with Gasteiger partial charge in [0.2, 0.25) is 0 Å². The molecule has 0 aliphatic carbocycles. The second-order valence-corrected chi connectivity index (χ2v) is 10.0. The summed E-state index contributed by atoms with van der Waals surface area (Å²) in [6.07, 6.45) is 1.94. The van der Waals surface area contributed by atoms with E-state index in [0.29, 0.717) is 17.5 Å². The molecule has 1 fully saturated rings. The molecule has 1 aromatic carbocycles. The molecule has 0 amide bonds. The Labute approximate surface area is 188 Å². The summed E-state index contributed by atoms with van der Waals surface area (Å²) in [6.45, 7) is 10.9. The second-order valence-electron chi connectivity index (χ2n) is 10.0. The molecule has 1 saturated heterocycles. The van der Waals surface area contributed by atoms with E-state index in [2.05, 4.69) is 49.1 Å². The van der Waals surface area contributed by atoms with Crippen LogP contribution in [0.25, 0.3) is 33.2 Å². The zero-order valence-electron chi connectivity index (χ0n) is 19.3. The van der Waals surface area contributed by atoms with Crippen molar-refractivity contribution in [1.82, 2.24) is 25.1 Å². The van der Waals surface area contributed by atoms with Crippen molar-refractivity contribution in [2.45, 2.75) is 39.3 Å². The average Bonchev–Trinajstić information content (AvgIpc) is 3.26. The summed E-state index contributed by atoms with van der Waals surface area (Å²) < 4.78 is 1.74. The molecule has 0 spiro atoms. The summed E-state index contributed by atoms with van der Waals surface area (Å²) in [5, 5.41) is 19.6. The third kappa shape index (κ3) is 3.88. The molecule has 2 N–H and O–H groups in total. The van der Waals surface area contributed by atoms with Gasteiger partial charge >= 0.3 is 0 Å². The Hall–Kier alpha value is -3.19. The van der Waals surface area contributed by atoms with E-state index < -0.39 is 0 Å². The van der Waals surface area contributed by atoms with Gasteiger partial charge in [0, 0.05) is 54.9 Å². The standard InChI is InChI=1S/C25H30N6O/c1-15-12-31(14-22(15)28-25(2,3)4)24-9-8-19-20(27-24)7-6-18(26-19)17-10-16-13-30(5)29-21(16)11-23(17)32/h6-11,13,15,22,28,32H,12,14H2,1-5H3. The van der Waals surface area contributed by atoms with Crippen LogP contribution in [0, 0.1) is 5.92 Å². The van der Waals surface area contributed by atoms with Crippen LogP contribution < -0.4 is 10.2 Å². The number of anilines is 1. The van der Waals surface area contributed by atoms with Crippen LogP contribution in [0.3, 0.4) is 0 Å². The van der Waals surface area contributed by atoms with Crippen LogP contribution in [-0.2, 0) is 7.05 Å². The molecule has 7 heteroatoms. The van der Waals surface area contributed by atoms with Gasteiger partial charge in [0.25, 0.3) is 0 Å². The molecule has 1 aliphatic rings. The minimum absolute atomic E-state index is 0.0937. The third-order valence-electron chi connectivity index (χ3n) is 6.09. The van der Waals surface area contributed by atoms with Crippen molar-refractivity contribution < 1.29 is 5.11 Å². The quantitative estimate of drug-likeness (QED) is 0.509. The summed E-state index contributed by atoms with van der Waals surface area (Å²) in [5.74, 6) is 1.71. The molecule has 4 heterocycles. The number of pyridine rings is 2. The van der Waals surface area contributed by atoms with E-state index in [9.17, 15) is 5.11 Å². The largest absolute Gasteiger partial charge is 0.507 e. The van der Waals surface area contributed by atoms with Crippen LogP contribution in [-0.4, -0.2) is 49.5 Å². The fraction of sp³-hybridized carbons (Fsp3) is 0.400.